The lowest BCUT2D eigenvalue weighted by Crippen LogP contribution is -2.06. The minimum Gasteiger partial charge on any atom is -0.481 e. The maximum atomic E-state index is 11.0. The molecule has 1 aromatic rings. The van der Waals surface area contributed by atoms with Gasteiger partial charge in [-0.25, -0.2) is 0 Å². The number of nitro groups is 1. The van der Waals surface area contributed by atoms with Crippen molar-refractivity contribution in [3.63, 3.8) is 0 Å². The molecule has 0 spiro atoms. The molecule has 0 saturated heterocycles. The number of nitrogens with zero attached hydrogens (tertiary/aromatic N) is 2. The van der Waals surface area contributed by atoms with Crippen LogP contribution in [0.5, 0.6) is 0 Å². The molecule has 7 nitrogen and oxygen atoms in total. The molecule has 1 N–H and O–H groups in total. The van der Waals surface area contributed by atoms with Crippen LogP contribution in [0.2, 0.25) is 0 Å². The molecule has 0 aliphatic rings. The summed E-state index contributed by atoms with van der Waals surface area (Å²) in [5.41, 5.74) is 0.0739. The number of hydrogen-bond acceptors (Lipinski definition) is 5. The van der Waals surface area contributed by atoms with Crippen LogP contribution in [0.3, 0.4) is 0 Å². The maximum Gasteiger partial charge on any atom is 0.364 e. The molecule has 0 atom stereocenters. The van der Waals surface area contributed by atoms with E-state index in [9.17, 15) is 19.7 Å². The van der Waals surface area contributed by atoms with Crippen molar-refractivity contribution in [2.75, 3.05) is 0 Å². The van der Waals surface area contributed by atoms with Gasteiger partial charge >= 0.3 is 11.8 Å². The zero-order valence-corrected chi connectivity index (χ0v) is 8.34. The highest BCUT2D eigenvalue weighted by atomic mass is 16.6. The van der Waals surface area contributed by atoms with Crippen LogP contribution in [0.15, 0.2) is 12.1 Å². The Morgan fingerprint density at radius 2 is 2.12 bits per heavy atom. The van der Waals surface area contributed by atoms with Gasteiger partial charge in [0.2, 0.25) is 11.5 Å². The Bertz CT molecular complexity index is 437. The van der Waals surface area contributed by atoms with E-state index in [4.69, 9.17) is 5.11 Å². The molecular weight excluding hydrogens is 216 g/mol. The number of ketones is 1. The number of carbonyl (C=O) groups is 2. The Balaban J connectivity index is 3.23. The lowest BCUT2D eigenvalue weighted by Gasteiger charge is -1.98. The zero-order chi connectivity index (χ0) is 12.3. The summed E-state index contributed by atoms with van der Waals surface area (Å²) in [7, 11) is 0. The summed E-state index contributed by atoms with van der Waals surface area (Å²) in [5, 5.41) is 19.0. The summed E-state index contributed by atoms with van der Waals surface area (Å²) >= 11 is 0. The Morgan fingerprint density at radius 1 is 1.50 bits per heavy atom. The average molecular weight is 224 g/mol. The van der Waals surface area contributed by atoms with Gasteiger partial charge in [-0.05, 0) is 21.5 Å². The van der Waals surface area contributed by atoms with Gasteiger partial charge in [-0.15, -0.1) is 0 Å². The third kappa shape index (κ3) is 2.84. The molecule has 1 aromatic heterocycles. The van der Waals surface area contributed by atoms with Crippen LogP contribution in [0.1, 0.15) is 23.0 Å². The highest BCUT2D eigenvalue weighted by Gasteiger charge is 2.17. The number of hydrogen-bond donors (Lipinski definition) is 1. The highest BCUT2D eigenvalue weighted by molar-refractivity contribution is 5.92. The number of pyridine rings is 1. The van der Waals surface area contributed by atoms with Crippen molar-refractivity contribution in [3.8, 4) is 0 Å². The first-order valence-corrected chi connectivity index (χ1v) is 4.28. The summed E-state index contributed by atoms with van der Waals surface area (Å²) in [5.74, 6) is -2.10. The summed E-state index contributed by atoms with van der Waals surface area (Å²) in [6.07, 6.45) is -0.385. The van der Waals surface area contributed by atoms with Crippen molar-refractivity contribution in [1.82, 2.24) is 4.98 Å². The summed E-state index contributed by atoms with van der Waals surface area (Å²) < 4.78 is 0. The Kier molecular flexibility index (Phi) is 3.29. The first-order valence-electron chi connectivity index (χ1n) is 4.28. The Labute approximate surface area is 89.9 Å². The van der Waals surface area contributed by atoms with Crippen molar-refractivity contribution >= 4 is 17.6 Å². The van der Waals surface area contributed by atoms with Crippen molar-refractivity contribution < 1.29 is 19.6 Å². The van der Waals surface area contributed by atoms with Gasteiger partial charge < -0.3 is 15.2 Å². The molecule has 84 valence electrons. The quantitative estimate of drug-likeness (QED) is 0.460. The van der Waals surface area contributed by atoms with Crippen LogP contribution in [-0.2, 0) is 11.2 Å². The smallest absolute Gasteiger partial charge is 0.364 e. The molecule has 1 heterocycles. The molecule has 0 fully saturated rings. The Morgan fingerprint density at radius 3 is 2.56 bits per heavy atom. The number of rotatable bonds is 4. The van der Waals surface area contributed by atoms with Gasteiger partial charge in [0.1, 0.15) is 0 Å². The Hall–Kier alpha value is -2.31. The second kappa shape index (κ2) is 4.47. The van der Waals surface area contributed by atoms with E-state index in [1.807, 2.05) is 0 Å². The molecule has 0 unspecified atom stereocenters. The molecule has 0 aliphatic carbocycles. The predicted molar refractivity (Wildman–Crippen MR) is 52.2 cm³/mol. The van der Waals surface area contributed by atoms with Crippen LogP contribution < -0.4 is 0 Å². The first kappa shape index (κ1) is 11.8. The van der Waals surface area contributed by atoms with Crippen molar-refractivity contribution in [3.05, 3.63) is 33.5 Å². The van der Waals surface area contributed by atoms with Gasteiger partial charge in [0.05, 0.1) is 6.42 Å². The van der Waals surface area contributed by atoms with E-state index in [1.54, 1.807) is 0 Å². The van der Waals surface area contributed by atoms with E-state index < -0.39 is 22.5 Å². The third-order valence-corrected chi connectivity index (χ3v) is 1.77. The number of aliphatic carboxylic acids is 1. The van der Waals surface area contributed by atoms with Crippen molar-refractivity contribution in [2.45, 2.75) is 13.3 Å². The topological polar surface area (TPSA) is 110 Å². The standard InChI is InChI=1S/C9H8N2O5/c1-5(12)7-2-6(4-9(13)14)3-8(10-7)11(15)16/h2-3H,4H2,1H3,(H,13,14). The van der Waals surface area contributed by atoms with Gasteiger partial charge in [0.15, 0.2) is 0 Å². The minimum atomic E-state index is -1.13. The highest BCUT2D eigenvalue weighted by Crippen LogP contribution is 2.13. The molecule has 0 aliphatic heterocycles. The molecule has 0 bridgehead atoms. The summed E-state index contributed by atoms with van der Waals surface area (Å²) in [6, 6.07) is 2.28. The second-order valence-corrected chi connectivity index (χ2v) is 3.10. The molecular formula is C9H8N2O5. The predicted octanol–water partition coefficient (Wildman–Crippen LogP) is 0.819. The molecule has 16 heavy (non-hydrogen) atoms. The largest absolute Gasteiger partial charge is 0.481 e. The van der Waals surface area contributed by atoms with E-state index in [0.29, 0.717) is 0 Å². The van der Waals surface area contributed by atoms with E-state index in [2.05, 4.69) is 4.98 Å². The maximum absolute atomic E-state index is 11.0. The molecule has 0 amide bonds. The van der Waals surface area contributed by atoms with E-state index >= 15 is 0 Å². The number of carboxylic acids is 1. The van der Waals surface area contributed by atoms with Crippen LogP contribution in [-0.4, -0.2) is 26.8 Å². The van der Waals surface area contributed by atoms with Gasteiger partial charge in [0.25, 0.3) is 0 Å². The van der Waals surface area contributed by atoms with Gasteiger partial charge in [-0.3, -0.25) is 9.59 Å². The molecule has 0 saturated carbocycles. The summed E-state index contributed by atoms with van der Waals surface area (Å²) in [4.78, 5) is 34.7. The molecule has 0 aromatic carbocycles. The molecule has 7 heteroatoms. The fourth-order valence-corrected chi connectivity index (χ4v) is 1.12. The molecule has 1 rings (SSSR count). The van der Waals surface area contributed by atoms with Gasteiger partial charge in [-0.1, -0.05) is 0 Å². The van der Waals surface area contributed by atoms with Crippen LogP contribution in [0, 0.1) is 10.1 Å². The van der Waals surface area contributed by atoms with E-state index in [1.165, 1.54) is 13.0 Å². The van der Waals surface area contributed by atoms with E-state index in [0.717, 1.165) is 6.07 Å². The monoisotopic (exact) mass is 224 g/mol. The fourth-order valence-electron chi connectivity index (χ4n) is 1.12. The lowest BCUT2D eigenvalue weighted by atomic mass is 10.1. The minimum absolute atomic E-state index is 0.106. The van der Waals surface area contributed by atoms with E-state index in [-0.39, 0.29) is 17.7 Å². The zero-order valence-electron chi connectivity index (χ0n) is 8.34. The number of carbonyl (C=O) groups excluding carboxylic acids is 1. The number of Topliss-reactive ketones (excluding diaryl/α,β-unsaturated/α-hetero) is 1. The lowest BCUT2D eigenvalue weighted by molar-refractivity contribution is -0.389. The van der Waals surface area contributed by atoms with Crippen LogP contribution in [0.25, 0.3) is 0 Å². The third-order valence-electron chi connectivity index (χ3n) is 1.77. The normalized spacial score (nSPS) is 9.81. The van der Waals surface area contributed by atoms with Crippen LogP contribution in [0.4, 0.5) is 5.82 Å². The average Bonchev–Trinajstić information content (AvgIpc) is 2.15. The van der Waals surface area contributed by atoms with Crippen LogP contribution >= 0.6 is 0 Å². The number of carboxylic acid groups (broad SMARTS) is 1. The fraction of sp³-hybridized carbons (Fsp3) is 0.222. The number of aromatic nitrogens is 1. The molecule has 0 radical (unpaired) electrons. The van der Waals surface area contributed by atoms with Gasteiger partial charge in [-0.2, -0.15) is 0 Å². The summed E-state index contributed by atoms with van der Waals surface area (Å²) in [6.45, 7) is 1.20. The van der Waals surface area contributed by atoms with Crippen molar-refractivity contribution in [2.24, 2.45) is 0 Å². The van der Waals surface area contributed by atoms with Crippen molar-refractivity contribution in [1.29, 1.82) is 0 Å². The van der Waals surface area contributed by atoms with Gasteiger partial charge in [0, 0.05) is 13.0 Å². The first-order chi connectivity index (χ1) is 7.40. The SMILES string of the molecule is CC(=O)c1cc(CC(=O)O)cc([N+](=O)[O-])n1. The second-order valence-electron chi connectivity index (χ2n) is 3.10.